The predicted molar refractivity (Wildman–Crippen MR) is 111 cm³/mol. The number of hydrogen-bond donors (Lipinski definition) is 2. The van der Waals surface area contributed by atoms with Crippen molar-refractivity contribution < 1.29 is 19.1 Å². The van der Waals surface area contributed by atoms with Crippen molar-refractivity contribution in [2.24, 2.45) is 0 Å². The maximum absolute atomic E-state index is 12.3. The standard InChI is InChI=1S/C21H22N4O4/c1-4-8-23-21(27)19-17(22)15-7-5-6-14(18(15)24-25-19)12-9-13(11-26)20(29-3)16(10-12)28-2/h5-7,9-11H,4,8H2,1-3H3,(H2,22,24)(H,23,27). The van der Waals surface area contributed by atoms with Crippen LogP contribution in [0.5, 0.6) is 11.5 Å². The lowest BCUT2D eigenvalue weighted by Crippen LogP contribution is -2.26. The van der Waals surface area contributed by atoms with Gasteiger partial charge in [-0.05, 0) is 24.1 Å². The maximum Gasteiger partial charge on any atom is 0.273 e. The van der Waals surface area contributed by atoms with E-state index in [0.29, 0.717) is 51.9 Å². The zero-order valence-electron chi connectivity index (χ0n) is 16.5. The number of amides is 1. The Morgan fingerprint density at radius 2 is 2.00 bits per heavy atom. The first-order valence-electron chi connectivity index (χ1n) is 9.10. The summed E-state index contributed by atoms with van der Waals surface area (Å²) < 4.78 is 10.6. The zero-order valence-corrected chi connectivity index (χ0v) is 16.5. The van der Waals surface area contributed by atoms with Crippen LogP contribution in [0, 0.1) is 0 Å². The van der Waals surface area contributed by atoms with Gasteiger partial charge in [-0.25, -0.2) is 0 Å². The number of anilines is 1. The van der Waals surface area contributed by atoms with E-state index in [1.165, 1.54) is 14.2 Å². The number of ether oxygens (including phenoxy) is 2. The van der Waals surface area contributed by atoms with Gasteiger partial charge in [0.15, 0.2) is 23.5 Å². The summed E-state index contributed by atoms with van der Waals surface area (Å²) in [4.78, 5) is 23.8. The number of carbonyl (C=O) groups excluding carboxylic acids is 2. The molecule has 0 fully saturated rings. The highest BCUT2D eigenvalue weighted by atomic mass is 16.5. The molecule has 8 heteroatoms. The van der Waals surface area contributed by atoms with Gasteiger partial charge in [0.25, 0.3) is 5.91 Å². The van der Waals surface area contributed by atoms with Gasteiger partial charge in [-0.15, -0.1) is 10.2 Å². The van der Waals surface area contributed by atoms with E-state index in [4.69, 9.17) is 15.2 Å². The average molecular weight is 394 g/mol. The van der Waals surface area contributed by atoms with E-state index in [1.54, 1.807) is 24.3 Å². The van der Waals surface area contributed by atoms with Gasteiger partial charge < -0.3 is 20.5 Å². The molecule has 0 saturated heterocycles. The van der Waals surface area contributed by atoms with Crippen molar-refractivity contribution in [1.29, 1.82) is 0 Å². The lowest BCUT2D eigenvalue weighted by Gasteiger charge is -2.14. The summed E-state index contributed by atoms with van der Waals surface area (Å²) >= 11 is 0. The molecular formula is C21H22N4O4. The van der Waals surface area contributed by atoms with Crippen LogP contribution in [-0.4, -0.2) is 43.2 Å². The molecule has 0 radical (unpaired) electrons. The van der Waals surface area contributed by atoms with E-state index < -0.39 is 0 Å². The first-order chi connectivity index (χ1) is 14.0. The molecule has 0 spiro atoms. The number of nitrogen functional groups attached to an aromatic ring is 1. The number of aromatic nitrogens is 2. The molecule has 1 aromatic heterocycles. The van der Waals surface area contributed by atoms with E-state index in [0.717, 1.165) is 6.42 Å². The van der Waals surface area contributed by atoms with Crippen LogP contribution < -0.4 is 20.5 Å². The molecule has 0 bridgehead atoms. The SMILES string of the molecule is CCCNC(=O)c1nnc2c(-c3cc(C=O)c(OC)c(OC)c3)cccc2c1N. The molecule has 1 heterocycles. The van der Waals surface area contributed by atoms with Gasteiger partial charge in [0, 0.05) is 17.5 Å². The van der Waals surface area contributed by atoms with Gasteiger partial charge >= 0.3 is 0 Å². The van der Waals surface area contributed by atoms with Crippen LogP contribution in [0.1, 0.15) is 34.2 Å². The van der Waals surface area contributed by atoms with Gasteiger partial charge in [0.1, 0.15) is 5.52 Å². The van der Waals surface area contributed by atoms with Crippen molar-refractivity contribution in [3.8, 4) is 22.6 Å². The number of carbonyl (C=O) groups is 2. The van der Waals surface area contributed by atoms with Gasteiger partial charge in [-0.1, -0.05) is 25.1 Å². The van der Waals surface area contributed by atoms with Gasteiger partial charge in [-0.3, -0.25) is 9.59 Å². The Morgan fingerprint density at radius 1 is 1.21 bits per heavy atom. The van der Waals surface area contributed by atoms with Crippen molar-refractivity contribution in [2.45, 2.75) is 13.3 Å². The number of nitrogens with zero attached hydrogens (tertiary/aromatic N) is 2. The lowest BCUT2D eigenvalue weighted by molar-refractivity contribution is 0.0948. The number of fused-ring (bicyclic) bond motifs is 1. The zero-order chi connectivity index (χ0) is 21.0. The van der Waals surface area contributed by atoms with Crippen molar-refractivity contribution in [3.63, 3.8) is 0 Å². The molecule has 150 valence electrons. The topological polar surface area (TPSA) is 116 Å². The van der Waals surface area contributed by atoms with E-state index in [-0.39, 0.29) is 17.3 Å². The molecule has 2 aromatic carbocycles. The number of methoxy groups -OCH3 is 2. The lowest BCUT2D eigenvalue weighted by atomic mass is 9.98. The normalized spacial score (nSPS) is 10.6. The average Bonchev–Trinajstić information content (AvgIpc) is 2.76. The summed E-state index contributed by atoms with van der Waals surface area (Å²) in [6.07, 6.45) is 1.50. The highest BCUT2D eigenvalue weighted by Crippen LogP contribution is 2.38. The second-order valence-electron chi connectivity index (χ2n) is 6.34. The number of rotatable bonds is 7. The largest absolute Gasteiger partial charge is 0.493 e. The molecular weight excluding hydrogens is 372 g/mol. The smallest absolute Gasteiger partial charge is 0.273 e. The molecule has 8 nitrogen and oxygen atoms in total. The van der Waals surface area contributed by atoms with Crippen LogP contribution in [0.2, 0.25) is 0 Å². The Hall–Kier alpha value is -3.68. The number of hydrogen-bond acceptors (Lipinski definition) is 7. The molecule has 3 N–H and O–H groups in total. The molecule has 0 aliphatic carbocycles. The van der Waals surface area contributed by atoms with Gasteiger partial charge in [0.05, 0.1) is 25.5 Å². The molecule has 3 aromatic rings. The highest BCUT2D eigenvalue weighted by Gasteiger charge is 2.19. The number of aldehydes is 1. The fourth-order valence-corrected chi connectivity index (χ4v) is 3.11. The molecule has 0 aliphatic heterocycles. The monoisotopic (exact) mass is 394 g/mol. The van der Waals surface area contributed by atoms with Crippen LogP contribution in [0.4, 0.5) is 5.69 Å². The van der Waals surface area contributed by atoms with Crippen LogP contribution in [0.3, 0.4) is 0 Å². The number of nitrogens with one attached hydrogen (secondary N) is 1. The Balaban J connectivity index is 2.18. The molecule has 0 unspecified atom stereocenters. The van der Waals surface area contributed by atoms with Crippen molar-refractivity contribution in [2.75, 3.05) is 26.5 Å². The number of nitrogens with two attached hydrogens (primary N) is 1. The Bertz CT molecular complexity index is 1080. The van der Waals surface area contributed by atoms with E-state index in [2.05, 4.69) is 15.5 Å². The molecule has 3 rings (SSSR count). The number of benzene rings is 2. The summed E-state index contributed by atoms with van der Waals surface area (Å²) in [6, 6.07) is 8.86. The maximum atomic E-state index is 12.3. The minimum absolute atomic E-state index is 0.0870. The summed E-state index contributed by atoms with van der Waals surface area (Å²) in [6.45, 7) is 2.48. The third-order valence-electron chi connectivity index (χ3n) is 4.53. The second kappa shape index (κ2) is 8.55. The van der Waals surface area contributed by atoms with Gasteiger partial charge in [-0.2, -0.15) is 0 Å². The highest BCUT2D eigenvalue weighted by molar-refractivity contribution is 6.07. The quantitative estimate of drug-likeness (QED) is 0.592. The van der Waals surface area contributed by atoms with Gasteiger partial charge in [0.2, 0.25) is 0 Å². The fraction of sp³-hybridized carbons (Fsp3) is 0.238. The van der Waals surface area contributed by atoms with Crippen molar-refractivity contribution >= 4 is 28.8 Å². The van der Waals surface area contributed by atoms with E-state index in [9.17, 15) is 9.59 Å². The Morgan fingerprint density at radius 3 is 2.66 bits per heavy atom. The Kier molecular flexibility index (Phi) is 5.92. The van der Waals surface area contributed by atoms with Crippen LogP contribution in [-0.2, 0) is 0 Å². The predicted octanol–water partition coefficient (Wildman–Crippen LogP) is 2.85. The Labute approximate surface area is 168 Å². The molecule has 1 amide bonds. The molecule has 0 atom stereocenters. The van der Waals surface area contributed by atoms with Crippen molar-refractivity contribution in [1.82, 2.24) is 15.5 Å². The first kappa shape index (κ1) is 20.1. The third-order valence-corrected chi connectivity index (χ3v) is 4.53. The van der Waals surface area contributed by atoms with E-state index >= 15 is 0 Å². The third kappa shape index (κ3) is 3.69. The molecule has 0 saturated carbocycles. The summed E-state index contributed by atoms with van der Waals surface area (Å²) in [5.74, 6) is 0.408. The molecule has 0 aliphatic rings. The van der Waals surface area contributed by atoms with Crippen molar-refractivity contribution in [3.05, 3.63) is 41.6 Å². The summed E-state index contributed by atoms with van der Waals surface area (Å²) in [7, 11) is 2.97. The molecule has 29 heavy (non-hydrogen) atoms. The van der Waals surface area contributed by atoms with E-state index in [1.807, 2.05) is 13.0 Å². The van der Waals surface area contributed by atoms with Crippen LogP contribution in [0.15, 0.2) is 30.3 Å². The fourth-order valence-electron chi connectivity index (χ4n) is 3.11. The minimum Gasteiger partial charge on any atom is -0.493 e. The second-order valence-corrected chi connectivity index (χ2v) is 6.34. The summed E-state index contributed by atoms with van der Waals surface area (Å²) in [5, 5.41) is 11.7. The van der Waals surface area contributed by atoms with Crippen LogP contribution in [0.25, 0.3) is 22.0 Å². The minimum atomic E-state index is -0.362. The van der Waals surface area contributed by atoms with Crippen LogP contribution >= 0.6 is 0 Å². The first-order valence-corrected chi connectivity index (χ1v) is 9.10. The summed E-state index contributed by atoms with van der Waals surface area (Å²) in [5.41, 5.74) is 8.82.